The number of ether oxygens (including phenoxy) is 14. The molecule has 8 aliphatic rings. The van der Waals surface area contributed by atoms with Gasteiger partial charge in [0.1, 0.15) is 165 Å². The van der Waals surface area contributed by atoms with Gasteiger partial charge in [-0.05, 0) is 19.9 Å². The second kappa shape index (κ2) is 36.9. The van der Waals surface area contributed by atoms with Crippen molar-refractivity contribution in [1.82, 2.24) is 10.6 Å². The van der Waals surface area contributed by atoms with Crippen molar-refractivity contribution in [1.29, 1.82) is 0 Å². The minimum atomic E-state index is -3.18. The van der Waals surface area contributed by atoms with Crippen LogP contribution in [0.25, 0.3) is 0 Å². The molecule has 0 saturated carbocycles. The van der Waals surface area contributed by atoms with Gasteiger partial charge in [0, 0.05) is 32.1 Å². The largest absolute Gasteiger partial charge is 0.544 e. The third-order valence-electron chi connectivity index (χ3n) is 19.3. The zero-order valence-electron chi connectivity index (χ0n) is 57.1. The molecule has 2 amide bonds. The van der Waals surface area contributed by atoms with Crippen LogP contribution in [-0.2, 0) is 85.5 Å². The number of rotatable bonds is 26. The first-order chi connectivity index (χ1) is 49.1. The average molecular weight is 1540 g/mol. The molecule has 8 aliphatic heterocycles. The van der Waals surface area contributed by atoms with Crippen molar-refractivity contribution in [3.05, 3.63) is 12.3 Å². The summed E-state index contributed by atoms with van der Waals surface area (Å²) in [5, 5.41) is 271. The summed E-state index contributed by atoms with van der Waals surface area (Å²) >= 11 is 0. The Morgan fingerprint density at radius 1 is 0.476 bits per heavy atom. The van der Waals surface area contributed by atoms with Crippen LogP contribution in [0.4, 0.5) is 0 Å². The Bertz CT molecular complexity index is 2820. The van der Waals surface area contributed by atoms with Crippen LogP contribution in [0.1, 0.15) is 54.4 Å². The van der Waals surface area contributed by atoms with Crippen LogP contribution in [-0.4, -0.2) is 419 Å². The molecule has 39 atom stereocenters. The van der Waals surface area contributed by atoms with Crippen LogP contribution in [0, 0.1) is 5.41 Å². The summed E-state index contributed by atoms with van der Waals surface area (Å²) in [5.74, 6) is -12.3. The van der Waals surface area contributed by atoms with Crippen LogP contribution in [0.15, 0.2) is 12.3 Å². The maximum Gasteiger partial charge on any atom is 0.217 e. The standard InChI is InChI=1S/C31H53NO22.C29H47NO21/c1-9-16(39)19(42)20(43)26(48-9)52-25-22(14(8-35)50-29(47)30(25,3)4)51-27-21(44)24(18(41)13(7-34)49-27)54-31(28(45)46)5-11(37)15(32-10(2)36)23(53-31)17(40)12(38)6-33;1-9-17(37)20(40)21(41)26(46-9)47-13-3-4-45-15(8-33)23(13)49-27-22(42)25(19(39)14(7-32)48-27)51-29(28(43)44)5-11(35)16(30-10(2)34)24(50-29)18(38)12(36)6-31/h9,11-27,29,33-35,37-44,47H,5-8H2,1-4H3,(H,32,36)(H,45,46);3-4,9,11-27,31-33,35-42H,5-8H2,1-2H3,(H,30,34)(H,43,44)/p-2/t9?,11?,12?,13?,14?,15?,16?,17?,18?,19?,20?,21?,22?,23?,24?,25?,26?,27-,29?,31-;9?,11?,12?,13?,14?,15?,16?,17?,18?,19?,20?,21?,22?,23?,24?,25?,26?,27-,29-/m00/s1. The molecule has 0 aliphatic carbocycles. The zero-order valence-corrected chi connectivity index (χ0v) is 57.1. The van der Waals surface area contributed by atoms with Crippen molar-refractivity contribution in [2.45, 2.75) is 293 Å². The molecule has 7 fully saturated rings. The van der Waals surface area contributed by atoms with E-state index in [9.17, 15) is 147 Å². The lowest BCUT2D eigenvalue weighted by Gasteiger charge is -2.54. The number of hydrogen-bond acceptors (Lipinski definition) is 43. The van der Waals surface area contributed by atoms with Crippen molar-refractivity contribution in [2.24, 2.45) is 5.41 Å². The summed E-state index contributed by atoms with van der Waals surface area (Å²) < 4.78 is 79.2. The fourth-order valence-corrected chi connectivity index (χ4v) is 13.2. The summed E-state index contributed by atoms with van der Waals surface area (Å²) in [6.07, 6.45) is -61.9. The highest BCUT2D eigenvalue weighted by Gasteiger charge is 2.62. The topological polar surface area (TPSA) is 733 Å². The molecule has 0 spiro atoms. The van der Waals surface area contributed by atoms with Gasteiger partial charge in [-0.25, -0.2) is 0 Å². The van der Waals surface area contributed by atoms with Gasteiger partial charge in [-0.15, -0.1) is 0 Å². The van der Waals surface area contributed by atoms with E-state index in [4.69, 9.17) is 66.3 Å². The molecule has 8 rings (SSSR count). The number of aliphatic hydroxyl groups is 23. The number of aliphatic carboxylic acids is 2. The molecule has 35 unspecified atom stereocenters. The van der Waals surface area contributed by atoms with Crippen molar-refractivity contribution < 1.29 is 213 Å². The first kappa shape index (κ1) is 88.2. The molecule has 7 saturated heterocycles. The Kier molecular flexibility index (Phi) is 31.0. The van der Waals surface area contributed by atoms with E-state index in [2.05, 4.69) is 10.6 Å². The monoisotopic (exact) mass is 1530 g/mol. The van der Waals surface area contributed by atoms with Crippen molar-refractivity contribution in [2.75, 3.05) is 39.6 Å². The highest BCUT2D eigenvalue weighted by Crippen LogP contribution is 2.45. The molecule has 0 radical (unpaired) electrons. The van der Waals surface area contributed by atoms with Crippen LogP contribution >= 0.6 is 0 Å². The van der Waals surface area contributed by atoms with Crippen LogP contribution < -0.4 is 20.8 Å². The highest BCUT2D eigenvalue weighted by atomic mass is 16.8. The van der Waals surface area contributed by atoms with E-state index in [1.807, 2.05) is 0 Å². The summed E-state index contributed by atoms with van der Waals surface area (Å²) in [7, 11) is 0. The lowest BCUT2D eigenvalue weighted by Crippen LogP contribution is -2.72. The SMILES string of the molecule is CC(=O)NC1C(O)C[C@](OC2C(O)C(CO)O[C@@H](OC3C(CO)OC(O)C(C)(C)C3OC3OC(C)C(O)C(O)C3O)C2O)(C(=O)[O-])OC1C(O)C(O)CO.CC(=O)NC1C(O)C[C@](OC2C(O)C(CO)O[C@@H](OC3C(OC4OC(C)C(O)C(O)C4O)C=COC3CO)C2O)(C(=O)[O-])OC1C(O)C(O)CO. The number of carboxylic acid groups (broad SMARTS) is 2. The van der Waals surface area contributed by atoms with E-state index in [1.54, 1.807) is 0 Å². The lowest BCUT2D eigenvalue weighted by atomic mass is 9.78. The summed E-state index contributed by atoms with van der Waals surface area (Å²) in [4.78, 5) is 49.1. The van der Waals surface area contributed by atoms with E-state index in [1.165, 1.54) is 33.8 Å². The predicted molar refractivity (Wildman–Crippen MR) is 322 cm³/mol. The zero-order chi connectivity index (χ0) is 78.6. The molecule has 0 bridgehead atoms. The Hall–Kier alpha value is -4.02. The maximum atomic E-state index is 12.7. The maximum absolute atomic E-state index is 12.7. The molecule has 45 nitrogen and oxygen atoms in total. The second-order valence-electron chi connectivity index (χ2n) is 27.2. The number of aliphatic hydroxyl groups excluding tert-OH is 23. The van der Waals surface area contributed by atoms with Gasteiger partial charge in [0.15, 0.2) is 31.5 Å². The van der Waals surface area contributed by atoms with Gasteiger partial charge in [-0.3, -0.25) is 9.59 Å². The van der Waals surface area contributed by atoms with E-state index >= 15 is 0 Å². The Labute approximate surface area is 596 Å². The van der Waals surface area contributed by atoms with E-state index in [-0.39, 0.29) is 0 Å². The predicted octanol–water partition coefficient (Wildman–Crippen LogP) is -17.9. The molecule has 608 valence electrons. The Morgan fingerprint density at radius 3 is 1.23 bits per heavy atom. The van der Waals surface area contributed by atoms with Gasteiger partial charge in [-0.2, -0.15) is 0 Å². The van der Waals surface area contributed by atoms with E-state index < -0.39 is 320 Å². The van der Waals surface area contributed by atoms with Gasteiger partial charge in [-0.1, -0.05) is 13.8 Å². The fraction of sp³-hybridized carbons (Fsp3) is 0.900. The number of nitrogens with one attached hydrogen (secondary N) is 2. The third kappa shape index (κ3) is 19.1. The molecular formula is C60H98N2O43-2. The third-order valence-corrected chi connectivity index (χ3v) is 19.3. The number of hydrogen-bond donors (Lipinski definition) is 25. The molecular weight excluding hydrogens is 1440 g/mol. The first-order valence-electron chi connectivity index (χ1n) is 33.3. The number of carbonyl (C=O) groups is 4. The Morgan fingerprint density at radius 2 is 0.857 bits per heavy atom. The smallest absolute Gasteiger partial charge is 0.217 e. The van der Waals surface area contributed by atoms with Gasteiger partial charge in [0.2, 0.25) is 23.4 Å². The fourth-order valence-electron chi connectivity index (χ4n) is 13.2. The quantitative estimate of drug-likeness (QED) is 0.0382. The summed E-state index contributed by atoms with van der Waals surface area (Å²) in [5.41, 5.74) is -1.51. The minimum absolute atomic E-state index is 0.742. The van der Waals surface area contributed by atoms with Gasteiger partial charge in [0.25, 0.3) is 0 Å². The highest BCUT2D eigenvalue weighted by molar-refractivity contribution is 5.76. The molecule has 0 aromatic rings. The van der Waals surface area contributed by atoms with Crippen LogP contribution in [0.5, 0.6) is 0 Å². The summed E-state index contributed by atoms with van der Waals surface area (Å²) in [6, 6.07) is -3.18. The molecule has 0 aromatic heterocycles. The van der Waals surface area contributed by atoms with Gasteiger partial charge < -0.3 is 214 Å². The van der Waals surface area contributed by atoms with Crippen molar-refractivity contribution in [3.63, 3.8) is 0 Å². The van der Waals surface area contributed by atoms with Gasteiger partial charge >= 0.3 is 0 Å². The minimum Gasteiger partial charge on any atom is -0.544 e. The van der Waals surface area contributed by atoms with Crippen LogP contribution in [0.2, 0.25) is 0 Å². The molecule has 0 aromatic carbocycles. The second-order valence-corrected chi connectivity index (χ2v) is 27.2. The normalized spacial score (nSPS) is 46.2. The van der Waals surface area contributed by atoms with E-state index in [0.717, 1.165) is 20.1 Å². The number of carbonyl (C=O) groups excluding carboxylic acids is 4. The lowest BCUT2D eigenvalue weighted by molar-refractivity contribution is -0.416. The molecule has 105 heavy (non-hydrogen) atoms. The van der Waals surface area contributed by atoms with E-state index in [0.29, 0.717) is 0 Å². The van der Waals surface area contributed by atoms with Crippen molar-refractivity contribution in [3.8, 4) is 0 Å². The van der Waals surface area contributed by atoms with Crippen LogP contribution in [0.3, 0.4) is 0 Å². The van der Waals surface area contributed by atoms with Crippen molar-refractivity contribution >= 4 is 23.8 Å². The molecule has 8 heterocycles. The number of carboxylic acids is 2. The first-order valence-corrected chi connectivity index (χ1v) is 33.3. The number of amides is 2. The summed E-state index contributed by atoms with van der Waals surface area (Å²) in [6.45, 7) is 1.91. The average Bonchev–Trinajstić information content (AvgIpc) is 0.777. The van der Waals surface area contributed by atoms with Gasteiger partial charge in [0.05, 0.1) is 88.5 Å². The Balaban J connectivity index is 0.000000294. The molecule has 25 N–H and O–H groups in total. The molecule has 45 heteroatoms.